The summed E-state index contributed by atoms with van der Waals surface area (Å²) in [7, 11) is 2.13. The first-order valence-corrected chi connectivity index (χ1v) is 12.7. The van der Waals surface area contributed by atoms with Crippen LogP contribution >= 0.6 is 23.2 Å². The second-order valence-electron chi connectivity index (χ2n) is 9.14. The van der Waals surface area contributed by atoms with Crippen molar-refractivity contribution in [2.75, 3.05) is 46.3 Å². The molecule has 0 radical (unpaired) electrons. The highest BCUT2D eigenvalue weighted by molar-refractivity contribution is 6.22. The zero-order valence-electron chi connectivity index (χ0n) is 19.2. The first kappa shape index (κ1) is 24.0. The van der Waals surface area contributed by atoms with E-state index in [1.165, 1.54) is 11.1 Å². The van der Waals surface area contributed by atoms with Crippen molar-refractivity contribution in [3.05, 3.63) is 71.8 Å². The molecule has 0 saturated carbocycles. The van der Waals surface area contributed by atoms with Gasteiger partial charge in [0.2, 0.25) is 0 Å². The van der Waals surface area contributed by atoms with Crippen molar-refractivity contribution in [1.82, 2.24) is 20.0 Å². The fourth-order valence-corrected chi connectivity index (χ4v) is 6.01. The SMILES string of the molecule is CC1C(Cl)C(c2ccccc2)N(C)C(Cl)CN2CCN1CCNCCC2c1ccccc1. The minimum absolute atomic E-state index is 0.0453. The number of rotatable bonds is 2. The van der Waals surface area contributed by atoms with E-state index in [0.29, 0.717) is 6.04 Å². The highest BCUT2D eigenvalue weighted by Gasteiger charge is 2.37. The van der Waals surface area contributed by atoms with Crippen LogP contribution in [0.2, 0.25) is 0 Å². The fraction of sp³-hybridized carbons (Fsp3) is 0.538. The summed E-state index contributed by atoms with van der Waals surface area (Å²) >= 11 is 14.4. The maximum atomic E-state index is 7.24. The Morgan fingerprint density at radius 2 is 1.44 bits per heavy atom. The summed E-state index contributed by atoms with van der Waals surface area (Å²) in [5.41, 5.74) is 2.46. The van der Waals surface area contributed by atoms with E-state index in [-0.39, 0.29) is 23.0 Å². The quantitative estimate of drug-likeness (QED) is 0.507. The van der Waals surface area contributed by atoms with E-state index in [1.807, 2.05) is 0 Å². The summed E-state index contributed by atoms with van der Waals surface area (Å²) in [4.78, 5) is 7.43. The van der Waals surface area contributed by atoms with Crippen LogP contribution in [0, 0.1) is 0 Å². The summed E-state index contributed by atoms with van der Waals surface area (Å²) in [6, 6.07) is 22.1. The highest BCUT2D eigenvalue weighted by atomic mass is 35.5. The van der Waals surface area contributed by atoms with Crippen LogP contribution in [0.25, 0.3) is 0 Å². The number of nitrogens with zero attached hydrogens (tertiary/aromatic N) is 3. The van der Waals surface area contributed by atoms with Gasteiger partial charge in [0.1, 0.15) is 0 Å². The molecule has 0 spiro atoms. The Labute approximate surface area is 203 Å². The van der Waals surface area contributed by atoms with Gasteiger partial charge in [-0.25, -0.2) is 0 Å². The molecule has 4 nitrogen and oxygen atoms in total. The lowest BCUT2D eigenvalue weighted by molar-refractivity contribution is 0.0676. The van der Waals surface area contributed by atoms with Gasteiger partial charge in [-0.2, -0.15) is 0 Å². The van der Waals surface area contributed by atoms with Gasteiger partial charge in [-0.05, 0) is 38.1 Å². The molecular weight excluding hydrogens is 439 g/mol. The molecule has 2 aromatic rings. The number of halogens is 2. The molecule has 0 aromatic heterocycles. The Morgan fingerprint density at radius 3 is 2.12 bits per heavy atom. The van der Waals surface area contributed by atoms with E-state index in [2.05, 4.69) is 94.7 Å². The lowest BCUT2D eigenvalue weighted by Crippen LogP contribution is -2.55. The molecule has 2 aromatic carbocycles. The average Bonchev–Trinajstić information content (AvgIpc) is 2.83. The van der Waals surface area contributed by atoms with E-state index < -0.39 is 0 Å². The standard InChI is InChI=1S/C26H36Cl2N4/c1-20-25(28)26(22-11-7-4-8-12-22)30(2)24(27)19-32-18-17-31(20)16-15-29-14-13-23(32)21-9-5-3-6-10-21/h3-12,20,23-26,29H,13-19H2,1-2H3. The summed E-state index contributed by atoms with van der Waals surface area (Å²) in [5.74, 6) is 0. The molecule has 2 aliphatic rings. The second-order valence-corrected chi connectivity index (χ2v) is 10.1. The zero-order valence-corrected chi connectivity index (χ0v) is 20.7. The Balaban J connectivity index is 1.70. The number of nitrogens with one attached hydrogen (secondary N) is 1. The summed E-state index contributed by atoms with van der Waals surface area (Å²) < 4.78 is 0. The van der Waals surface area contributed by atoms with Crippen LogP contribution in [0.15, 0.2) is 60.7 Å². The maximum absolute atomic E-state index is 7.24. The lowest BCUT2D eigenvalue weighted by Gasteiger charge is -2.46. The second kappa shape index (κ2) is 11.3. The number of fused-ring (bicyclic) bond motifs is 3. The van der Waals surface area contributed by atoms with Crippen LogP contribution in [0.5, 0.6) is 0 Å². The van der Waals surface area contributed by atoms with Gasteiger partial charge < -0.3 is 5.32 Å². The van der Waals surface area contributed by atoms with Gasteiger partial charge in [0.05, 0.1) is 16.9 Å². The first-order valence-electron chi connectivity index (χ1n) is 11.8. The number of likely N-dealkylation sites (N-methyl/N-ethyl adjacent to an activating group) is 1. The van der Waals surface area contributed by atoms with Crippen molar-refractivity contribution in [3.63, 3.8) is 0 Å². The average molecular weight is 476 g/mol. The summed E-state index contributed by atoms with van der Waals surface area (Å²) in [6.45, 7) is 8.04. The van der Waals surface area contributed by atoms with Gasteiger partial charge in [0.15, 0.2) is 0 Å². The third kappa shape index (κ3) is 5.49. The summed E-state index contributed by atoms with van der Waals surface area (Å²) in [5, 5.41) is 3.60. The van der Waals surface area contributed by atoms with Crippen LogP contribution in [-0.4, -0.2) is 77.9 Å². The van der Waals surface area contributed by atoms with Crippen LogP contribution in [0.1, 0.15) is 36.6 Å². The molecule has 7 unspecified atom stereocenters. The van der Waals surface area contributed by atoms with Gasteiger partial charge in [-0.15, -0.1) is 23.2 Å². The van der Waals surface area contributed by atoms with Gasteiger partial charge in [0, 0.05) is 44.8 Å². The van der Waals surface area contributed by atoms with E-state index in [4.69, 9.17) is 23.2 Å². The molecular formula is C26H36Cl2N4. The molecule has 2 saturated heterocycles. The monoisotopic (exact) mass is 474 g/mol. The third-order valence-corrected chi connectivity index (χ3v) is 8.26. The molecule has 2 aliphatic heterocycles. The lowest BCUT2D eigenvalue weighted by atomic mass is 9.96. The Morgan fingerprint density at radius 1 is 0.812 bits per heavy atom. The minimum Gasteiger partial charge on any atom is -0.315 e. The molecule has 1 N–H and O–H groups in total. The number of benzene rings is 2. The number of hydrogen-bond acceptors (Lipinski definition) is 4. The van der Waals surface area contributed by atoms with Crippen LogP contribution in [0.3, 0.4) is 0 Å². The van der Waals surface area contributed by atoms with Crippen molar-refractivity contribution in [3.8, 4) is 0 Å². The highest BCUT2D eigenvalue weighted by Crippen LogP contribution is 2.35. The van der Waals surface area contributed by atoms with E-state index in [0.717, 1.165) is 45.7 Å². The van der Waals surface area contributed by atoms with E-state index >= 15 is 0 Å². The smallest absolute Gasteiger partial charge is 0.0982 e. The summed E-state index contributed by atoms with van der Waals surface area (Å²) in [6.07, 6.45) is 1.08. The van der Waals surface area contributed by atoms with Gasteiger partial charge in [-0.1, -0.05) is 60.7 Å². The van der Waals surface area contributed by atoms with Crippen molar-refractivity contribution in [1.29, 1.82) is 0 Å². The molecule has 32 heavy (non-hydrogen) atoms. The molecule has 4 rings (SSSR count). The maximum Gasteiger partial charge on any atom is 0.0982 e. The van der Waals surface area contributed by atoms with Crippen molar-refractivity contribution < 1.29 is 0 Å². The van der Waals surface area contributed by atoms with E-state index in [9.17, 15) is 0 Å². The number of hydrogen-bond donors (Lipinski definition) is 1. The molecule has 0 aliphatic carbocycles. The molecule has 7 atom stereocenters. The van der Waals surface area contributed by atoms with E-state index in [1.54, 1.807) is 0 Å². The normalized spacial score (nSPS) is 35.3. The van der Waals surface area contributed by atoms with Crippen LogP contribution in [0.4, 0.5) is 0 Å². The molecule has 0 amide bonds. The topological polar surface area (TPSA) is 21.8 Å². The predicted molar refractivity (Wildman–Crippen MR) is 136 cm³/mol. The molecule has 174 valence electrons. The number of alkyl halides is 2. The Kier molecular flexibility index (Phi) is 8.49. The van der Waals surface area contributed by atoms with Gasteiger partial charge in [0.25, 0.3) is 0 Å². The largest absolute Gasteiger partial charge is 0.315 e. The first-order chi connectivity index (χ1) is 15.6. The zero-order chi connectivity index (χ0) is 22.5. The van der Waals surface area contributed by atoms with Crippen LogP contribution in [-0.2, 0) is 0 Å². The molecule has 2 fully saturated rings. The third-order valence-electron chi connectivity index (χ3n) is 7.22. The van der Waals surface area contributed by atoms with Crippen molar-refractivity contribution >= 4 is 23.2 Å². The molecule has 2 heterocycles. The Hall–Kier alpha value is -1.14. The minimum atomic E-state index is -0.137. The molecule has 6 heteroatoms. The Bertz CT molecular complexity index is 821. The fourth-order valence-electron chi connectivity index (χ4n) is 5.23. The van der Waals surface area contributed by atoms with Crippen molar-refractivity contribution in [2.24, 2.45) is 0 Å². The van der Waals surface area contributed by atoms with Gasteiger partial charge >= 0.3 is 0 Å². The van der Waals surface area contributed by atoms with Crippen LogP contribution < -0.4 is 5.32 Å². The molecule has 2 bridgehead atoms. The van der Waals surface area contributed by atoms with Crippen molar-refractivity contribution in [2.45, 2.75) is 42.3 Å². The predicted octanol–water partition coefficient (Wildman–Crippen LogP) is 4.57. The van der Waals surface area contributed by atoms with Gasteiger partial charge in [-0.3, -0.25) is 14.7 Å².